The molecule has 2 aromatic rings. The number of carboxylic acid groups (broad SMARTS) is 1. The van der Waals surface area contributed by atoms with Crippen LogP contribution in [0.4, 0.5) is 0 Å². The van der Waals surface area contributed by atoms with Gasteiger partial charge in [0.1, 0.15) is 5.75 Å². The van der Waals surface area contributed by atoms with E-state index in [9.17, 15) is 18.3 Å². The van der Waals surface area contributed by atoms with E-state index in [-0.39, 0.29) is 16.7 Å². The number of carbonyl (C=O) groups is 1. The monoisotopic (exact) mass is 447 g/mol. The van der Waals surface area contributed by atoms with Crippen molar-refractivity contribution in [3.05, 3.63) is 72.8 Å². The predicted octanol–water partition coefficient (Wildman–Crippen LogP) is 3.82. The molecule has 0 bridgehead atoms. The average molecular weight is 448 g/mol. The number of ether oxygens (including phenoxy) is 1. The number of carboxylic acids is 1. The van der Waals surface area contributed by atoms with Gasteiger partial charge in [-0.2, -0.15) is 16.1 Å². The largest absolute Gasteiger partial charge is 0.497 e. The molecule has 1 saturated heterocycles. The SMILES string of the molecule is C=CCS[C@@H]1C[C@@H](c2ccc(OC)cc2)N(S(=O)(=O)c2ccccc2)C[C@H]1C(=O)O. The molecule has 1 N–H and O–H groups in total. The van der Waals surface area contributed by atoms with Crippen molar-refractivity contribution >= 4 is 27.8 Å². The van der Waals surface area contributed by atoms with Gasteiger partial charge in [0.05, 0.1) is 24.0 Å². The van der Waals surface area contributed by atoms with Gasteiger partial charge in [-0.1, -0.05) is 36.4 Å². The number of hydrogen-bond acceptors (Lipinski definition) is 5. The van der Waals surface area contributed by atoms with Gasteiger partial charge in [0.15, 0.2) is 0 Å². The van der Waals surface area contributed by atoms with E-state index < -0.39 is 28.0 Å². The maximum atomic E-state index is 13.5. The van der Waals surface area contributed by atoms with Crippen LogP contribution in [0, 0.1) is 5.92 Å². The zero-order valence-corrected chi connectivity index (χ0v) is 18.3. The van der Waals surface area contributed by atoms with Gasteiger partial charge in [-0.3, -0.25) is 4.79 Å². The molecule has 30 heavy (non-hydrogen) atoms. The molecular formula is C22H25NO5S2. The number of benzene rings is 2. The first-order valence-corrected chi connectivity index (χ1v) is 12.0. The minimum Gasteiger partial charge on any atom is -0.497 e. The van der Waals surface area contributed by atoms with Crippen molar-refractivity contribution < 1.29 is 23.1 Å². The summed E-state index contributed by atoms with van der Waals surface area (Å²) in [6.07, 6.45) is 2.13. The Morgan fingerprint density at radius 2 is 1.90 bits per heavy atom. The van der Waals surface area contributed by atoms with Crippen LogP contribution in [0.2, 0.25) is 0 Å². The van der Waals surface area contributed by atoms with Crippen LogP contribution >= 0.6 is 11.8 Å². The summed E-state index contributed by atoms with van der Waals surface area (Å²) in [5, 5.41) is 9.58. The molecule has 0 aliphatic carbocycles. The Bertz CT molecular complexity index is 976. The molecule has 0 aromatic heterocycles. The molecule has 160 valence electrons. The molecule has 8 heteroatoms. The number of piperidine rings is 1. The highest BCUT2D eigenvalue weighted by Gasteiger charge is 2.45. The predicted molar refractivity (Wildman–Crippen MR) is 118 cm³/mol. The summed E-state index contributed by atoms with van der Waals surface area (Å²) < 4.78 is 33.5. The van der Waals surface area contributed by atoms with Crippen LogP contribution in [0.1, 0.15) is 18.0 Å². The Balaban J connectivity index is 2.04. The van der Waals surface area contributed by atoms with Gasteiger partial charge in [0.25, 0.3) is 0 Å². The van der Waals surface area contributed by atoms with Gasteiger partial charge in [0.2, 0.25) is 10.0 Å². The number of sulfonamides is 1. The molecule has 3 rings (SSSR count). The van der Waals surface area contributed by atoms with E-state index >= 15 is 0 Å². The highest BCUT2D eigenvalue weighted by molar-refractivity contribution is 8.00. The summed E-state index contributed by atoms with van der Waals surface area (Å²) in [7, 11) is -2.31. The first-order valence-electron chi connectivity index (χ1n) is 9.54. The van der Waals surface area contributed by atoms with E-state index in [1.807, 2.05) is 12.1 Å². The molecule has 0 amide bonds. The van der Waals surface area contributed by atoms with E-state index in [2.05, 4.69) is 6.58 Å². The number of thioether (sulfide) groups is 1. The van der Waals surface area contributed by atoms with E-state index in [1.54, 1.807) is 43.5 Å². The molecule has 1 aliphatic heterocycles. The fraction of sp³-hybridized carbons (Fsp3) is 0.318. The molecule has 1 heterocycles. The van der Waals surface area contributed by atoms with Crippen molar-refractivity contribution in [2.45, 2.75) is 22.6 Å². The Kier molecular flexibility index (Phi) is 7.23. The van der Waals surface area contributed by atoms with Crippen LogP contribution in [0.5, 0.6) is 5.75 Å². The van der Waals surface area contributed by atoms with Crippen molar-refractivity contribution in [1.29, 1.82) is 0 Å². The molecule has 2 aromatic carbocycles. The summed E-state index contributed by atoms with van der Waals surface area (Å²) in [6, 6.07) is 14.9. The lowest BCUT2D eigenvalue weighted by Crippen LogP contribution is -2.49. The lowest BCUT2D eigenvalue weighted by atomic mass is 9.90. The minimum atomic E-state index is -3.88. The second-order valence-corrected chi connectivity index (χ2v) is 10.2. The van der Waals surface area contributed by atoms with Crippen molar-refractivity contribution in [2.24, 2.45) is 5.92 Å². The number of rotatable bonds is 8. The van der Waals surface area contributed by atoms with Crippen LogP contribution in [-0.4, -0.2) is 48.5 Å². The number of hydrogen-bond donors (Lipinski definition) is 1. The van der Waals surface area contributed by atoms with Gasteiger partial charge in [-0.05, 0) is 36.2 Å². The fourth-order valence-corrected chi connectivity index (χ4v) is 6.48. The average Bonchev–Trinajstić information content (AvgIpc) is 2.77. The summed E-state index contributed by atoms with van der Waals surface area (Å²) >= 11 is 1.50. The van der Waals surface area contributed by atoms with E-state index in [0.717, 1.165) is 5.56 Å². The van der Waals surface area contributed by atoms with Gasteiger partial charge in [-0.15, -0.1) is 6.58 Å². The van der Waals surface area contributed by atoms with Crippen LogP contribution in [0.25, 0.3) is 0 Å². The van der Waals surface area contributed by atoms with Crippen LogP contribution < -0.4 is 4.74 Å². The third-order valence-electron chi connectivity index (χ3n) is 5.22. The van der Waals surface area contributed by atoms with Gasteiger partial charge in [0, 0.05) is 17.5 Å². The van der Waals surface area contributed by atoms with Crippen molar-refractivity contribution in [3.63, 3.8) is 0 Å². The quantitative estimate of drug-likeness (QED) is 0.620. The second-order valence-electron chi connectivity index (χ2n) is 7.02. The number of methoxy groups -OCH3 is 1. The van der Waals surface area contributed by atoms with E-state index in [4.69, 9.17) is 4.74 Å². The molecule has 1 fully saturated rings. The summed E-state index contributed by atoms with van der Waals surface area (Å²) in [6.45, 7) is 3.63. The third kappa shape index (κ3) is 4.71. The highest BCUT2D eigenvalue weighted by atomic mass is 32.2. The van der Waals surface area contributed by atoms with Crippen molar-refractivity contribution in [1.82, 2.24) is 4.31 Å². The fourth-order valence-electron chi connectivity index (χ4n) is 3.68. The molecule has 0 spiro atoms. The topological polar surface area (TPSA) is 83.9 Å². The van der Waals surface area contributed by atoms with Gasteiger partial charge >= 0.3 is 5.97 Å². The lowest BCUT2D eigenvalue weighted by Gasteiger charge is -2.41. The van der Waals surface area contributed by atoms with Gasteiger partial charge < -0.3 is 9.84 Å². The zero-order valence-electron chi connectivity index (χ0n) is 16.7. The molecule has 1 aliphatic rings. The van der Waals surface area contributed by atoms with E-state index in [0.29, 0.717) is 17.9 Å². The molecular weight excluding hydrogens is 422 g/mol. The Labute approximate surface area is 181 Å². The van der Waals surface area contributed by atoms with Crippen LogP contribution in [0.3, 0.4) is 0 Å². The Morgan fingerprint density at radius 1 is 1.23 bits per heavy atom. The molecule has 0 saturated carbocycles. The number of nitrogens with zero attached hydrogens (tertiary/aromatic N) is 1. The summed E-state index contributed by atoms with van der Waals surface area (Å²) in [5.41, 5.74) is 0.809. The zero-order chi connectivity index (χ0) is 21.7. The first-order chi connectivity index (χ1) is 14.4. The Morgan fingerprint density at radius 3 is 2.47 bits per heavy atom. The van der Waals surface area contributed by atoms with Crippen LogP contribution in [-0.2, 0) is 14.8 Å². The standard InChI is InChI=1S/C22H25NO5S2/c1-3-13-29-21-14-20(16-9-11-17(28-2)12-10-16)23(15-19(21)22(24)25)30(26,27)18-7-5-4-6-8-18/h3-12,19-21H,1,13-15H2,2H3,(H,24,25)/t19-,20+,21-/m1/s1. The van der Waals surface area contributed by atoms with Crippen molar-refractivity contribution in [3.8, 4) is 5.75 Å². The van der Waals surface area contributed by atoms with Crippen molar-refractivity contribution in [2.75, 3.05) is 19.4 Å². The highest BCUT2D eigenvalue weighted by Crippen LogP contribution is 2.42. The smallest absolute Gasteiger partial charge is 0.308 e. The number of aliphatic carboxylic acids is 1. The lowest BCUT2D eigenvalue weighted by molar-refractivity contribution is -0.143. The second kappa shape index (κ2) is 9.68. The normalized spacial score (nSPS) is 22.4. The molecule has 6 nitrogen and oxygen atoms in total. The minimum absolute atomic E-state index is 0.0853. The van der Waals surface area contributed by atoms with Crippen LogP contribution in [0.15, 0.2) is 72.1 Å². The maximum absolute atomic E-state index is 13.5. The summed E-state index contributed by atoms with van der Waals surface area (Å²) in [4.78, 5) is 12.1. The summed E-state index contributed by atoms with van der Waals surface area (Å²) in [5.74, 6) is -0.510. The first kappa shape index (κ1) is 22.4. The maximum Gasteiger partial charge on any atom is 0.308 e. The third-order valence-corrected chi connectivity index (χ3v) is 8.49. The van der Waals surface area contributed by atoms with Gasteiger partial charge in [-0.25, -0.2) is 8.42 Å². The molecule has 0 unspecified atom stereocenters. The molecule has 0 radical (unpaired) electrons. The Hall–Kier alpha value is -2.29. The molecule has 3 atom stereocenters. The van der Waals surface area contributed by atoms with E-state index in [1.165, 1.54) is 28.2 Å².